The number of hydrogen-bond donors (Lipinski definition) is 1. The van der Waals surface area contributed by atoms with Crippen LogP contribution in [0.15, 0.2) is 30.6 Å². The van der Waals surface area contributed by atoms with E-state index in [4.69, 9.17) is 9.47 Å². The van der Waals surface area contributed by atoms with Gasteiger partial charge in [0, 0.05) is 18.1 Å². The average Bonchev–Trinajstić information content (AvgIpc) is 3.16. The number of nitrogens with zero attached hydrogens (tertiary/aromatic N) is 3. The third-order valence-corrected chi connectivity index (χ3v) is 4.14. The largest absolute Gasteiger partial charge is 0.388 e. The van der Waals surface area contributed by atoms with E-state index in [2.05, 4.69) is 9.97 Å². The van der Waals surface area contributed by atoms with Crippen LogP contribution in [0.2, 0.25) is 0 Å². The van der Waals surface area contributed by atoms with Crippen LogP contribution in [0.4, 0.5) is 0 Å². The molecule has 0 spiro atoms. The summed E-state index contributed by atoms with van der Waals surface area (Å²) in [5.41, 5.74) is 1.79. The molecule has 2 saturated heterocycles. The molecule has 110 valence electrons. The van der Waals surface area contributed by atoms with Crippen molar-refractivity contribution in [1.29, 1.82) is 0 Å². The van der Waals surface area contributed by atoms with Crippen LogP contribution in [-0.4, -0.2) is 51.2 Å². The summed E-state index contributed by atoms with van der Waals surface area (Å²) in [7, 11) is 0. The van der Waals surface area contributed by atoms with Gasteiger partial charge in [0.2, 0.25) is 0 Å². The van der Waals surface area contributed by atoms with Gasteiger partial charge in [-0.1, -0.05) is 6.07 Å². The maximum atomic E-state index is 9.85. The number of aliphatic hydroxyl groups is 1. The first-order valence-electron chi connectivity index (χ1n) is 7.12. The molecule has 2 fully saturated rings. The summed E-state index contributed by atoms with van der Waals surface area (Å²) < 4.78 is 13.4. The number of aliphatic hydroxyl groups excluding tert-OH is 1. The van der Waals surface area contributed by atoms with Crippen LogP contribution in [-0.2, 0) is 9.47 Å². The molecule has 2 aliphatic rings. The SMILES string of the molecule is Cc1cccc(-c2nccn2[C@H]2CO[C@H]3[C@@H]2OC[C@H]3O)n1. The second-order valence-corrected chi connectivity index (χ2v) is 5.55. The smallest absolute Gasteiger partial charge is 0.159 e. The molecule has 0 amide bonds. The highest BCUT2D eigenvalue weighted by Gasteiger charge is 2.48. The second-order valence-electron chi connectivity index (χ2n) is 5.55. The summed E-state index contributed by atoms with van der Waals surface area (Å²) in [5.74, 6) is 0.804. The molecular formula is C15H17N3O3. The first-order chi connectivity index (χ1) is 10.2. The van der Waals surface area contributed by atoms with Crippen LogP contribution >= 0.6 is 0 Å². The highest BCUT2D eigenvalue weighted by molar-refractivity contribution is 5.50. The van der Waals surface area contributed by atoms with Gasteiger partial charge in [0.05, 0.1) is 19.3 Å². The van der Waals surface area contributed by atoms with E-state index in [1.165, 1.54) is 0 Å². The number of hydrogen-bond acceptors (Lipinski definition) is 5. The van der Waals surface area contributed by atoms with Gasteiger partial charge in [-0.2, -0.15) is 0 Å². The number of fused-ring (bicyclic) bond motifs is 1. The summed E-state index contributed by atoms with van der Waals surface area (Å²) in [6.45, 7) is 2.81. The summed E-state index contributed by atoms with van der Waals surface area (Å²) in [6.07, 6.45) is 2.78. The van der Waals surface area contributed by atoms with Crippen LogP contribution in [0.5, 0.6) is 0 Å². The van der Waals surface area contributed by atoms with Crippen molar-refractivity contribution in [1.82, 2.24) is 14.5 Å². The molecule has 4 rings (SSSR count). The summed E-state index contributed by atoms with van der Waals surface area (Å²) in [5, 5.41) is 9.85. The van der Waals surface area contributed by atoms with Crippen LogP contribution in [0, 0.1) is 6.92 Å². The molecule has 0 aromatic carbocycles. The fourth-order valence-corrected chi connectivity index (χ4v) is 3.14. The van der Waals surface area contributed by atoms with Gasteiger partial charge in [0.15, 0.2) is 5.82 Å². The Hall–Kier alpha value is -1.76. The molecule has 0 radical (unpaired) electrons. The summed E-state index contributed by atoms with van der Waals surface area (Å²) >= 11 is 0. The van der Waals surface area contributed by atoms with Gasteiger partial charge >= 0.3 is 0 Å². The highest BCUT2D eigenvalue weighted by atomic mass is 16.6. The second kappa shape index (κ2) is 4.91. The maximum absolute atomic E-state index is 9.85. The molecule has 0 aliphatic carbocycles. The number of aromatic nitrogens is 3. The quantitative estimate of drug-likeness (QED) is 0.890. The lowest BCUT2D eigenvalue weighted by molar-refractivity contribution is 0.0172. The fourth-order valence-electron chi connectivity index (χ4n) is 3.14. The molecule has 2 aromatic heterocycles. The van der Waals surface area contributed by atoms with Crippen LogP contribution in [0.25, 0.3) is 11.5 Å². The van der Waals surface area contributed by atoms with Crippen molar-refractivity contribution in [3.05, 3.63) is 36.3 Å². The van der Waals surface area contributed by atoms with E-state index in [0.29, 0.717) is 13.2 Å². The normalized spacial score (nSPS) is 31.5. The van der Waals surface area contributed by atoms with Crippen LogP contribution in [0.1, 0.15) is 11.7 Å². The first kappa shape index (κ1) is 12.9. The number of pyridine rings is 1. The lowest BCUT2D eigenvalue weighted by atomic mass is 10.1. The first-order valence-corrected chi connectivity index (χ1v) is 7.12. The van der Waals surface area contributed by atoms with Gasteiger partial charge in [0.25, 0.3) is 0 Å². The molecule has 1 N–H and O–H groups in total. The number of rotatable bonds is 2. The van der Waals surface area contributed by atoms with Crippen molar-refractivity contribution < 1.29 is 14.6 Å². The maximum Gasteiger partial charge on any atom is 0.159 e. The molecule has 6 heteroatoms. The molecule has 4 heterocycles. The predicted octanol–water partition coefficient (Wildman–Crippen LogP) is 0.953. The van der Waals surface area contributed by atoms with Crippen LogP contribution < -0.4 is 0 Å². The minimum absolute atomic E-state index is 0.0203. The van der Waals surface area contributed by atoms with E-state index < -0.39 is 6.10 Å². The van der Waals surface area contributed by atoms with Crippen molar-refractivity contribution in [2.45, 2.75) is 31.3 Å². The van der Waals surface area contributed by atoms with Gasteiger partial charge in [0.1, 0.15) is 24.0 Å². The fraction of sp³-hybridized carbons (Fsp3) is 0.467. The topological polar surface area (TPSA) is 69.4 Å². The zero-order chi connectivity index (χ0) is 14.4. The van der Waals surface area contributed by atoms with E-state index >= 15 is 0 Å². The summed E-state index contributed by atoms with van der Waals surface area (Å²) in [4.78, 5) is 8.97. The van der Waals surface area contributed by atoms with E-state index in [1.807, 2.05) is 35.9 Å². The van der Waals surface area contributed by atoms with Gasteiger partial charge < -0.3 is 19.1 Å². The van der Waals surface area contributed by atoms with Gasteiger partial charge in [-0.25, -0.2) is 9.97 Å². The number of aryl methyl sites for hydroxylation is 1. The van der Waals surface area contributed by atoms with E-state index in [9.17, 15) is 5.11 Å². The molecule has 0 saturated carbocycles. The third-order valence-electron chi connectivity index (χ3n) is 4.14. The Balaban J connectivity index is 1.70. The van der Waals surface area contributed by atoms with Crippen molar-refractivity contribution in [3.63, 3.8) is 0 Å². The predicted molar refractivity (Wildman–Crippen MR) is 74.7 cm³/mol. The van der Waals surface area contributed by atoms with Crippen molar-refractivity contribution >= 4 is 0 Å². The molecule has 0 bridgehead atoms. The van der Waals surface area contributed by atoms with Gasteiger partial charge in [-0.3, -0.25) is 0 Å². The van der Waals surface area contributed by atoms with E-state index in [1.54, 1.807) is 6.20 Å². The molecule has 21 heavy (non-hydrogen) atoms. The molecule has 6 nitrogen and oxygen atoms in total. The molecule has 0 unspecified atom stereocenters. The minimum atomic E-state index is -0.538. The Morgan fingerprint density at radius 2 is 2.10 bits per heavy atom. The molecule has 4 atom stereocenters. The number of imidazole rings is 1. The monoisotopic (exact) mass is 287 g/mol. The average molecular weight is 287 g/mol. The van der Waals surface area contributed by atoms with Gasteiger partial charge in [-0.05, 0) is 19.1 Å². The lowest BCUT2D eigenvalue weighted by Crippen LogP contribution is -2.30. The van der Waals surface area contributed by atoms with Crippen molar-refractivity contribution in [3.8, 4) is 11.5 Å². The molecule has 2 aliphatic heterocycles. The van der Waals surface area contributed by atoms with E-state index in [0.717, 1.165) is 17.2 Å². The summed E-state index contributed by atoms with van der Waals surface area (Å²) in [6, 6.07) is 5.90. The van der Waals surface area contributed by atoms with Crippen molar-refractivity contribution in [2.75, 3.05) is 13.2 Å². The third kappa shape index (κ3) is 2.07. The minimum Gasteiger partial charge on any atom is -0.388 e. The van der Waals surface area contributed by atoms with E-state index in [-0.39, 0.29) is 18.2 Å². The van der Waals surface area contributed by atoms with Gasteiger partial charge in [-0.15, -0.1) is 0 Å². The zero-order valence-corrected chi connectivity index (χ0v) is 11.7. The number of ether oxygens (including phenoxy) is 2. The highest BCUT2D eigenvalue weighted by Crippen LogP contribution is 2.36. The van der Waals surface area contributed by atoms with Crippen molar-refractivity contribution in [2.24, 2.45) is 0 Å². The Labute approximate surface area is 122 Å². The standard InChI is InChI=1S/C15H17N3O3/c1-9-3-2-4-10(17-9)15-16-5-6-18(15)11-7-20-14-12(19)8-21-13(11)14/h2-6,11-14,19H,7-8H2,1H3/t11-,12+,13+,14+/m0/s1. The lowest BCUT2D eigenvalue weighted by Gasteiger charge is -2.19. The zero-order valence-electron chi connectivity index (χ0n) is 11.7. The van der Waals surface area contributed by atoms with Crippen LogP contribution in [0.3, 0.4) is 0 Å². The molecule has 2 aromatic rings. The Bertz CT molecular complexity index is 657. The Morgan fingerprint density at radius 3 is 2.95 bits per heavy atom. The Morgan fingerprint density at radius 1 is 1.24 bits per heavy atom. The molecular weight excluding hydrogens is 270 g/mol. The Kier molecular flexibility index (Phi) is 3.02.